The quantitative estimate of drug-likeness (QED) is 0.660. The first-order chi connectivity index (χ1) is 6.25. The van der Waals surface area contributed by atoms with Gasteiger partial charge in [0.15, 0.2) is 5.76 Å². The van der Waals surface area contributed by atoms with Crippen LogP contribution in [0.4, 0.5) is 0 Å². The molecule has 0 radical (unpaired) electrons. The maximum absolute atomic E-state index is 10.9. The molecular weight excluding hydrogens is 174 g/mol. The number of aromatic nitrogens is 3. The van der Waals surface area contributed by atoms with Crippen molar-refractivity contribution in [3.8, 4) is 0 Å². The lowest BCUT2D eigenvalue weighted by atomic mass is 10.4. The van der Waals surface area contributed by atoms with Crippen LogP contribution in [0.1, 0.15) is 11.5 Å². The van der Waals surface area contributed by atoms with E-state index in [1.807, 2.05) is 0 Å². The third-order valence-corrected chi connectivity index (χ3v) is 1.53. The van der Waals surface area contributed by atoms with Gasteiger partial charge in [-0.15, -0.1) is 5.10 Å². The molecule has 0 spiro atoms. The van der Waals surface area contributed by atoms with Gasteiger partial charge in [0.1, 0.15) is 6.54 Å². The Labute approximate surface area is 72.8 Å². The highest BCUT2D eigenvalue weighted by Gasteiger charge is 2.05. The summed E-state index contributed by atoms with van der Waals surface area (Å²) in [5.74, 6) is 0.0718. The van der Waals surface area contributed by atoms with Crippen LogP contribution < -0.4 is 5.76 Å². The zero-order valence-corrected chi connectivity index (χ0v) is 6.93. The topological polar surface area (TPSA) is 74.1 Å². The molecule has 68 valence electrons. The van der Waals surface area contributed by atoms with E-state index in [4.69, 9.17) is 4.52 Å². The smallest absolute Gasteiger partial charge is 0.395 e. The Bertz CT molecular complexity index is 453. The molecule has 2 heterocycles. The Hall–Kier alpha value is -1.85. The zero-order valence-electron chi connectivity index (χ0n) is 6.93. The Morgan fingerprint density at radius 2 is 2.46 bits per heavy atom. The molecule has 6 nitrogen and oxygen atoms in total. The standard InChI is InChI=1S/C7H7N3O3/c1-5-2-6(13-9-5)3-10-7(11)12-4-8-10/h2,4H,3H2,1H3. The van der Waals surface area contributed by atoms with E-state index in [1.54, 1.807) is 13.0 Å². The third-order valence-electron chi connectivity index (χ3n) is 1.53. The summed E-state index contributed by atoms with van der Waals surface area (Å²) in [5, 5.41) is 7.35. The van der Waals surface area contributed by atoms with Crippen molar-refractivity contribution >= 4 is 0 Å². The van der Waals surface area contributed by atoms with Crippen LogP contribution in [0.25, 0.3) is 0 Å². The number of nitrogens with zero attached hydrogens (tertiary/aromatic N) is 3. The second-order valence-corrected chi connectivity index (χ2v) is 2.60. The Morgan fingerprint density at radius 3 is 3.00 bits per heavy atom. The van der Waals surface area contributed by atoms with Crippen molar-refractivity contribution in [1.82, 2.24) is 14.9 Å². The van der Waals surface area contributed by atoms with Gasteiger partial charge in [-0.3, -0.25) is 0 Å². The molecule has 2 aromatic rings. The van der Waals surface area contributed by atoms with Crippen molar-refractivity contribution < 1.29 is 8.94 Å². The van der Waals surface area contributed by atoms with Gasteiger partial charge in [-0.1, -0.05) is 5.16 Å². The van der Waals surface area contributed by atoms with Gasteiger partial charge in [0.05, 0.1) is 5.69 Å². The summed E-state index contributed by atoms with van der Waals surface area (Å²) in [5.41, 5.74) is 0.770. The molecule has 0 saturated carbocycles. The SMILES string of the molecule is Cc1cc(Cn2ncoc2=O)on1. The summed E-state index contributed by atoms with van der Waals surface area (Å²) in [6, 6.07) is 1.74. The monoisotopic (exact) mass is 181 g/mol. The van der Waals surface area contributed by atoms with E-state index in [9.17, 15) is 4.79 Å². The lowest BCUT2D eigenvalue weighted by molar-refractivity contribution is 0.362. The van der Waals surface area contributed by atoms with Crippen LogP contribution in [0.2, 0.25) is 0 Å². The number of hydrogen-bond donors (Lipinski definition) is 0. The van der Waals surface area contributed by atoms with Gasteiger partial charge in [0.2, 0.25) is 6.39 Å². The first kappa shape index (κ1) is 7.78. The predicted molar refractivity (Wildman–Crippen MR) is 41.1 cm³/mol. The highest BCUT2D eigenvalue weighted by Crippen LogP contribution is 2.02. The van der Waals surface area contributed by atoms with Crippen molar-refractivity contribution in [2.75, 3.05) is 0 Å². The molecule has 0 aromatic carbocycles. The van der Waals surface area contributed by atoms with Gasteiger partial charge < -0.3 is 8.94 Å². The average molecular weight is 181 g/mol. The molecule has 0 atom stereocenters. The number of hydrogen-bond acceptors (Lipinski definition) is 5. The Balaban J connectivity index is 2.24. The first-order valence-corrected chi connectivity index (χ1v) is 3.68. The van der Waals surface area contributed by atoms with Crippen LogP contribution in [0.5, 0.6) is 0 Å². The summed E-state index contributed by atoms with van der Waals surface area (Å²) < 4.78 is 10.5. The molecule has 0 saturated heterocycles. The van der Waals surface area contributed by atoms with E-state index in [2.05, 4.69) is 14.7 Å². The molecule has 0 N–H and O–H groups in total. The second kappa shape index (κ2) is 2.89. The summed E-state index contributed by atoms with van der Waals surface area (Å²) in [6.45, 7) is 2.05. The van der Waals surface area contributed by atoms with Crippen molar-refractivity contribution in [2.45, 2.75) is 13.5 Å². The Kier molecular flexibility index (Phi) is 1.73. The summed E-state index contributed by atoms with van der Waals surface area (Å²) >= 11 is 0. The fourth-order valence-electron chi connectivity index (χ4n) is 0.977. The van der Waals surface area contributed by atoms with Crippen molar-refractivity contribution in [2.24, 2.45) is 0 Å². The lowest BCUT2D eigenvalue weighted by Gasteiger charge is -1.90. The molecule has 0 fully saturated rings. The van der Waals surface area contributed by atoms with Gasteiger partial charge in [-0.25, -0.2) is 4.79 Å². The largest absolute Gasteiger partial charge is 0.437 e. The van der Waals surface area contributed by atoms with Crippen molar-refractivity contribution in [1.29, 1.82) is 0 Å². The molecule has 0 aliphatic rings. The fourth-order valence-corrected chi connectivity index (χ4v) is 0.977. The molecular formula is C7H7N3O3. The molecule has 0 unspecified atom stereocenters. The van der Waals surface area contributed by atoms with Crippen LogP contribution in [0.15, 0.2) is 26.2 Å². The summed E-state index contributed by atoms with van der Waals surface area (Å²) in [6.07, 6.45) is 1.09. The third kappa shape index (κ3) is 1.51. The highest BCUT2D eigenvalue weighted by atomic mass is 16.5. The van der Waals surface area contributed by atoms with Gasteiger partial charge >= 0.3 is 5.76 Å². The van der Waals surface area contributed by atoms with E-state index in [1.165, 1.54) is 0 Å². The molecule has 2 rings (SSSR count). The van der Waals surface area contributed by atoms with E-state index >= 15 is 0 Å². The molecule has 13 heavy (non-hydrogen) atoms. The van der Waals surface area contributed by atoms with Gasteiger partial charge in [-0.05, 0) is 6.92 Å². The van der Waals surface area contributed by atoms with E-state index in [0.717, 1.165) is 16.8 Å². The number of aryl methyl sites for hydroxylation is 1. The molecule has 0 bridgehead atoms. The minimum atomic E-state index is -0.506. The van der Waals surface area contributed by atoms with Crippen LogP contribution in [0, 0.1) is 6.92 Å². The van der Waals surface area contributed by atoms with E-state index in [-0.39, 0.29) is 6.54 Å². The maximum atomic E-state index is 10.9. The van der Waals surface area contributed by atoms with Gasteiger partial charge in [0, 0.05) is 6.07 Å². The van der Waals surface area contributed by atoms with Gasteiger partial charge in [-0.2, -0.15) is 4.68 Å². The summed E-state index contributed by atoms with van der Waals surface area (Å²) in [4.78, 5) is 10.9. The maximum Gasteiger partial charge on any atom is 0.437 e. The van der Waals surface area contributed by atoms with Gasteiger partial charge in [0.25, 0.3) is 0 Å². The lowest BCUT2D eigenvalue weighted by Crippen LogP contribution is -2.16. The molecule has 0 aliphatic carbocycles. The zero-order chi connectivity index (χ0) is 9.26. The van der Waals surface area contributed by atoms with Crippen molar-refractivity contribution in [3.63, 3.8) is 0 Å². The van der Waals surface area contributed by atoms with Crippen LogP contribution in [-0.4, -0.2) is 14.9 Å². The van der Waals surface area contributed by atoms with E-state index in [0.29, 0.717) is 5.76 Å². The van der Waals surface area contributed by atoms with Crippen molar-refractivity contribution in [3.05, 3.63) is 34.5 Å². The second-order valence-electron chi connectivity index (χ2n) is 2.60. The van der Waals surface area contributed by atoms with Crippen LogP contribution in [0.3, 0.4) is 0 Å². The summed E-state index contributed by atoms with van der Waals surface area (Å²) in [7, 11) is 0. The normalized spacial score (nSPS) is 10.5. The fraction of sp³-hybridized carbons (Fsp3) is 0.286. The van der Waals surface area contributed by atoms with Crippen LogP contribution >= 0.6 is 0 Å². The molecule has 0 aliphatic heterocycles. The predicted octanol–water partition coefficient (Wildman–Crippen LogP) is 0.181. The average Bonchev–Trinajstić information content (AvgIpc) is 2.64. The first-order valence-electron chi connectivity index (χ1n) is 3.68. The number of rotatable bonds is 2. The molecule has 2 aromatic heterocycles. The van der Waals surface area contributed by atoms with Crippen LogP contribution in [-0.2, 0) is 6.54 Å². The molecule has 6 heteroatoms. The molecule has 0 amide bonds. The van der Waals surface area contributed by atoms with E-state index < -0.39 is 5.76 Å². The minimum absolute atomic E-state index is 0.246. The Morgan fingerprint density at radius 1 is 1.62 bits per heavy atom. The minimum Gasteiger partial charge on any atom is -0.395 e. The highest BCUT2D eigenvalue weighted by molar-refractivity contribution is 5.02.